The van der Waals surface area contributed by atoms with Crippen LogP contribution in [0.3, 0.4) is 0 Å². The summed E-state index contributed by atoms with van der Waals surface area (Å²) in [4.78, 5) is 26.5. The van der Waals surface area contributed by atoms with E-state index in [0.29, 0.717) is 5.95 Å². The molecule has 0 bridgehead atoms. The Balaban J connectivity index is 2.25. The van der Waals surface area contributed by atoms with Gasteiger partial charge in [0, 0.05) is 13.1 Å². The lowest BCUT2D eigenvalue weighted by Gasteiger charge is -2.15. The SMILES string of the molecule is CONC(=O)c1nc(N2CCCC2)ncc1Cl. The Morgan fingerprint density at radius 3 is 2.88 bits per heavy atom. The van der Waals surface area contributed by atoms with Crippen molar-refractivity contribution in [1.29, 1.82) is 0 Å². The summed E-state index contributed by atoms with van der Waals surface area (Å²) >= 11 is 5.87. The van der Waals surface area contributed by atoms with E-state index in [0.717, 1.165) is 25.9 Å². The van der Waals surface area contributed by atoms with Gasteiger partial charge in [-0.05, 0) is 12.8 Å². The second-order valence-electron chi connectivity index (χ2n) is 3.70. The molecule has 1 aliphatic heterocycles. The molecule has 1 N–H and O–H groups in total. The highest BCUT2D eigenvalue weighted by Gasteiger charge is 2.19. The first-order valence-electron chi connectivity index (χ1n) is 5.33. The molecule has 6 nitrogen and oxygen atoms in total. The molecule has 1 aromatic heterocycles. The van der Waals surface area contributed by atoms with E-state index in [1.165, 1.54) is 13.3 Å². The lowest BCUT2D eigenvalue weighted by Crippen LogP contribution is -2.26. The van der Waals surface area contributed by atoms with Gasteiger partial charge < -0.3 is 4.90 Å². The van der Waals surface area contributed by atoms with Crippen LogP contribution in [0.4, 0.5) is 5.95 Å². The van der Waals surface area contributed by atoms with Crippen molar-refractivity contribution in [2.75, 3.05) is 25.1 Å². The number of carbonyl (C=O) groups is 1. The number of amides is 1. The third-order valence-corrected chi connectivity index (χ3v) is 2.81. The van der Waals surface area contributed by atoms with Crippen molar-refractivity contribution >= 4 is 23.5 Å². The Kier molecular flexibility index (Phi) is 3.75. The molecule has 1 fully saturated rings. The third kappa shape index (κ3) is 2.65. The van der Waals surface area contributed by atoms with Gasteiger partial charge in [-0.15, -0.1) is 0 Å². The molecule has 1 aromatic rings. The minimum Gasteiger partial charge on any atom is -0.341 e. The molecule has 0 atom stereocenters. The van der Waals surface area contributed by atoms with Gasteiger partial charge in [-0.1, -0.05) is 11.6 Å². The number of nitrogens with zero attached hydrogens (tertiary/aromatic N) is 3. The fourth-order valence-corrected chi connectivity index (χ4v) is 1.90. The van der Waals surface area contributed by atoms with E-state index in [4.69, 9.17) is 11.6 Å². The van der Waals surface area contributed by atoms with Crippen LogP contribution in [0.2, 0.25) is 5.02 Å². The maximum Gasteiger partial charge on any atom is 0.295 e. The van der Waals surface area contributed by atoms with Crippen molar-refractivity contribution in [3.63, 3.8) is 0 Å². The number of carbonyl (C=O) groups excluding carboxylic acids is 1. The lowest BCUT2D eigenvalue weighted by atomic mass is 10.4. The zero-order valence-corrected chi connectivity index (χ0v) is 10.2. The van der Waals surface area contributed by atoms with Crippen LogP contribution in [-0.2, 0) is 4.84 Å². The monoisotopic (exact) mass is 256 g/mol. The van der Waals surface area contributed by atoms with Crippen LogP contribution in [0.15, 0.2) is 6.20 Å². The van der Waals surface area contributed by atoms with Gasteiger partial charge in [0.25, 0.3) is 5.91 Å². The minimum atomic E-state index is -0.472. The van der Waals surface area contributed by atoms with Gasteiger partial charge in [-0.25, -0.2) is 15.4 Å². The van der Waals surface area contributed by atoms with Gasteiger partial charge in [0.2, 0.25) is 5.95 Å². The molecule has 17 heavy (non-hydrogen) atoms. The van der Waals surface area contributed by atoms with Crippen molar-refractivity contribution in [3.05, 3.63) is 16.9 Å². The number of halogens is 1. The summed E-state index contributed by atoms with van der Waals surface area (Å²) in [6.45, 7) is 1.82. The standard InChI is InChI=1S/C10H13ClN4O2/c1-17-14-9(16)8-7(11)6-12-10(13-8)15-4-2-3-5-15/h6H,2-5H2,1H3,(H,14,16). The summed E-state index contributed by atoms with van der Waals surface area (Å²) in [7, 11) is 1.36. The zero-order valence-electron chi connectivity index (χ0n) is 9.44. The third-order valence-electron chi connectivity index (χ3n) is 2.53. The quantitative estimate of drug-likeness (QED) is 0.818. The number of aromatic nitrogens is 2. The van der Waals surface area contributed by atoms with Gasteiger partial charge >= 0.3 is 0 Å². The normalized spacial score (nSPS) is 15.1. The summed E-state index contributed by atoms with van der Waals surface area (Å²) in [5, 5.41) is 0.211. The molecule has 0 saturated carbocycles. The average Bonchev–Trinajstić information content (AvgIpc) is 2.83. The molecule has 2 rings (SSSR count). The van der Waals surface area contributed by atoms with Crippen molar-refractivity contribution in [3.8, 4) is 0 Å². The highest BCUT2D eigenvalue weighted by molar-refractivity contribution is 6.33. The topological polar surface area (TPSA) is 67.3 Å². The van der Waals surface area contributed by atoms with E-state index >= 15 is 0 Å². The molecule has 0 spiro atoms. The molecule has 2 heterocycles. The first kappa shape index (κ1) is 12.1. The molecule has 0 aliphatic carbocycles. The van der Waals surface area contributed by atoms with Crippen LogP contribution in [0, 0.1) is 0 Å². The number of nitrogens with one attached hydrogen (secondary N) is 1. The predicted octanol–water partition coefficient (Wildman–Crippen LogP) is 1.02. The highest BCUT2D eigenvalue weighted by Crippen LogP contribution is 2.19. The maximum atomic E-state index is 11.6. The molecular weight excluding hydrogens is 244 g/mol. The Labute approximate surface area is 104 Å². The molecular formula is C10H13ClN4O2. The Morgan fingerprint density at radius 1 is 1.53 bits per heavy atom. The fraction of sp³-hybridized carbons (Fsp3) is 0.500. The number of hydroxylamine groups is 1. The highest BCUT2D eigenvalue weighted by atomic mass is 35.5. The Hall–Kier alpha value is -1.40. The van der Waals surface area contributed by atoms with Gasteiger partial charge in [0.1, 0.15) is 0 Å². The van der Waals surface area contributed by atoms with E-state index in [9.17, 15) is 4.79 Å². The second-order valence-corrected chi connectivity index (χ2v) is 4.10. The van der Waals surface area contributed by atoms with Crippen molar-refractivity contribution in [1.82, 2.24) is 15.4 Å². The molecule has 0 radical (unpaired) electrons. The van der Waals surface area contributed by atoms with Crippen LogP contribution in [0.5, 0.6) is 0 Å². The van der Waals surface area contributed by atoms with Gasteiger partial charge in [0.05, 0.1) is 18.3 Å². The van der Waals surface area contributed by atoms with E-state index in [2.05, 4.69) is 20.3 Å². The van der Waals surface area contributed by atoms with Crippen LogP contribution in [-0.4, -0.2) is 36.1 Å². The van der Waals surface area contributed by atoms with Crippen LogP contribution in [0.25, 0.3) is 0 Å². The molecule has 1 saturated heterocycles. The molecule has 92 valence electrons. The van der Waals surface area contributed by atoms with Crippen LogP contribution < -0.4 is 10.4 Å². The Morgan fingerprint density at radius 2 is 2.24 bits per heavy atom. The molecule has 1 amide bonds. The predicted molar refractivity (Wildman–Crippen MR) is 63.0 cm³/mol. The minimum absolute atomic E-state index is 0.130. The lowest BCUT2D eigenvalue weighted by molar-refractivity contribution is 0.0532. The molecule has 1 aliphatic rings. The molecule has 7 heteroatoms. The summed E-state index contributed by atoms with van der Waals surface area (Å²) < 4.78 is 0. The number of hydrogen-bond acceptors (Lipinski definition) is 5. The number of anilines is 1. The van der Waals surface area contributed by atoms with Crippen molar-refractivity contribution in [2.24, 2.45) is 0 Å². The first-order valence-corrected chi connectivity index (χ1v) is 5.71. The van der Waals surface area contributed by atoms with Gasteiger partial charge in [-0.3, -0.25) is 9.63 Å². The summed E-state index contributed by atoms with van der Waals surface area (Å²) in [5.74, 6) is 0.0634. The van der Waals surface area contributed by atoms with Crippen molar-refractivity contribution < 1.29 is 9.63 Å². The zero-order chi connectivity index (χ0) is 12.3. The first-order chi connectivity index (χ1) is 8.22. The van der Waals surface area contributed by atoms with E-state index in [-0.39, 0.29) is 10.7 Å². The number of rotatable bonds is 3. The maximum absolute atomic E-state index is 11.6. The molecule has 0 unspecified atom stereocenters. The summed E-state index contributed by atoms with van der Waals surface area (Å²) in [6.07, 6.45) is 3.67. The van der Waals surface area contributed by atoms with E-state index in [1.54, 1.807) is 0 Å². The average molecular weight is 257 g/mol. The van der Waals surface area contributed by atoms with Crippen LogP contribution in [0.1, 0.15) is 23.3 Å². The summed E-state index contributed by atoms with van der Waals surface area (Å²) in [6, 6.07) is 0. The van der Waals surface area contributed by atoms with Crippen molar-refractivity contribution in [2.45, 2.75) is 12.8 Å². The van der Waals surface area contributed by atoms with E-state index < -0.39 is 5.91 Å². The summed E-state index contributed by atoms with van der Waals surface area (Å²) in [5.41, 5.74) is 2.32. The van der Waals surface area contributed by atoms with E-state index in [1.807, 2.05) is 4.90 Å². The second kappa shape index (κ2) is 5.29. The van der Waals surface area contributed by atoms with Gasteiger partial charge in [-0.2, -0.15) is 0 Å². The largest absolute Gasteiger partial charge is 0.341 e. The number of hydrogen-bond donors (Lipinski definition) is 1. The fourth-order valence-electron chi connectivity index (χ4n) is 1.73. The smallest absolute Gasteiger partial charge is 0.295 e. The van der Waals surface area contributed by atoms with Crippen LogP contribution >= 0.6 is 11.6 Å². The Bertz CT molecular complexity index is 421. The van der Waals surface area contributed by atoms with Gasteiger partial charge in [0.15, 0.2) is 5.69 Å². The molecule has 0 aromatic carbocycles.